The Morgan fingerprint density at radius 1 is 1.33 bits per heavy atom. The first-order chi connectivity index (χ1) is 8.69. The Kier molecular flexibility index (Phi) is 4.59. The van der Waals surface area contributed by atoms with Crippen molar-refractivity contribution in [2.45, 2.75) is 58.1 Å². The highest BCUT2D eigenvalue weighted by molar-refractivity contribution is 5.27. The quantitative estimate of drug-likeness (QED) is 0.868. The summed E-state index contributed by atoms with van der Waals surface area (Å²) in [6.07, 6.45) is 5.31. The maximum absolute atomic E-state index is 6.01. The monoisotopic (exact) mass is 248 g/mol. The van der Waals surface area contributed by atoms with Crippen molar-refractivity contribution in [2.75, 3.05) is 7.05 Å². The molecule has 1 aliphatic rings. The molecule has 0 amide bonds. The molecule has 1 aromatic rings. The molecule has 1 aliphatic carbocycles. The molecule has 1 heterocycles. The Balaban J connectivity index is 2.16. The van der Waals surface area contributed by atoms with Crippen molar-refractivity contribution in [3.63, 3.8) is 0 Å². The summed E-state index contributed by atoms with van der Waals surface area (Å²) in [7, 11) is 1.97. The second-order valence-electron chi connectivity index (χ2n) is 5.45. The van der Waals surface area contributed by atoms with E-state index in [1.54, 1.807) is 0 Å². The lowest BCUT2D eigenvalue weighted by molar-refractivity contribution is 0.200. The van der Waals surface area contributed by atoms with Gasteiger partial charge in [0, 0.05) is 18.3 Å². The lowest BCUT2D eigenvalue weighted by Crippen LogP contribution is -2.14. The fourth-order valence-corrected chi connectivity index (χ4v) is 2.42. The van der Waals surface area contributed by atoms with Gasteiger partial charge in [0.25, 0.3) is 0 Å². The van der Waals surface area contributed by atoms with Gasteiger partial charge in [0.1, 0.15) is 6.10 Å². The average Bonchev–Trinajstić information content (AvgIpc) is 2.82. The Morgan fingerprint density at radius 3 is 2.67 bits per heavy atom. The van der Waals surface area contributed by atoms with E-state index in [9.17, 15) is 0 Å². The lowest BCUT2D eigenvalue weighted by atomic mass is 10.1. The second-order valence-corrected chi connectivity index (χ2v) is 5.45. The van der Waals surface area contributed by atoms with E-state index in [-0.39, 0.29) is 0 Å². The van der Waals surface area contributed by atoms with Crippen molar-refractivity contribution >= 4 is 0 Å². The Morgan fingerprint density at radius 2 is 2.06 bits per heavy atom. The minimum atomic E-state index is 0.377. The number of nitrogens with one attached hydrogen (secondary N) is 1. The summed E-state index contributed by atoms with van der Waals surface area (Å²) in [6.45, 7) is 5.21. The SMILES string of the molecule is CNCc1cc(OC2CCCC2)nc(C(C)C)c1. The summed E-state index contributed by atoms with van der Waals surface area (Å²) in [6, 6.07) is 4.24. The van der Waals surface area contributed by atoms with Crippen LogP contribution >= 0.6 is 0 Å². The van der Waals surface area contributed by atoms with Crippen molar-refractivity contribution in [3.05, 3.63) is 23.4 Å². The van der Waals surface area contributed by atoms with Crippen LogP contribution < -0.4 is 10.1 Å². The van der Waals surface area contributed by atoms with E-state index in [2.05, 4.69) is 36.3 Å². The molecule has 1 fully saturated rings. The standard InChI is InChI=1S/C15H24N2O/c1-11(2)14-8-12(10-16-3)9-15(17-14)18-13-6-4-5-7-13/h8-9,11,13,16H,4-7,10H2,1-3H3. The van der Waals surface area contributed by atoms with Gasteiger partial charge >= 0.3 is 0 Å². The number of hydrogen-bond donors (Lipinski definition) is 1. The normalized spacial score (nSPS) is 16.4. The Bertz CT molecular complexity index is 384. The number of nitrogens with zero attached hydrogens (tertiary/aromatic N) is 1. The van der Waals surface area contributed by atoms with Crippen LogP contribution in [0.2, 0.25) is 0 Å². The zero-order valence-electron chi connectivity index (χ0n) is 11.7. The number of aromatic nitrogens is 1. The van der Waals surface area contributed by atoms with E-state index in [1.165, 1.54) is 31.2 Å². The average molecular weight is 248 g/mol. The topological polar surface area (TPSA) is 34.1 Å². The van der Waals surface area contributed by atoms with E-state index >= 15 is 0 Å². The smallest absolute Gasteiger partial charge is 0.214 e. The molecule has 1 aromatic heterocycles. The maximum Gasteiger partial charge on any atom is 0.214 e. The highest BCUT2D eigenvalue weighted by Crippen LogP contribution is 2.25. The molecule has 0 radical (unpaired) electrons. The number of ether oxygens (including phenoxy) is 1. The van der Waals surface area contributed by atoms with Gasteiger partial charge in [0.2, 0.25) is 5.88 Å². The fraction of sp³-hybridized carbons (Fsp3) is 0.667. The van der Waals surface area contributed by atoms with Crippen molar-refractivity contribution in [3.8, 4) is 5.88 Å². The molecule has 0 unspecified atom stereocenters. The Hall–Kier alpha value is -1.09. The molecular weight excluding hydrogens is 224 g/mol. The van der Waals surface area contributed by atoms with Crippen LogP contribution in [0.1, 0.15) is 56.7 Å². The van der Waals surface area contributed by atoms with E-state index in [4.69, 9.17) is 4.74 Å². The van der Waals surface area contributed by atoms with E-state index in [1.807, 2.05) is 7.05 Å². The molecule has 0 aliphatic heterocycles. The van der Waals surface area contributed by atoms with Gasteiger partial charge in [0.15, 0.2) is 0 Å². The minimum absolute atomic E-state index is 0.377. The van der Waals surface area contributed by atoms with Crippen molar-refractivity contribution in [1.82, 2.24) is 10.3 Å². The third-order valence-corrected chi connectivity index (χ3v) is 3.44. The highest BCUT2D eigenvalue weighted by Gasteiger charge is 2.17. The van der Waals surface area contributed by atoms with Gasteiger partial charge < -0.3 is 10.1 Å². The summed E-state index contributed by atoms with van der Waals surface area (Å²) in [5, 5.41) is 3.19. The van der Waals surface area contributed by atoms with Gasteiger partial charge in [-0.05, 0) is 50.3 Å². The van der Waals surface area contributed by atoms with Gasteiger partial charge in [0.05, 0.1) is 0 Å². The molecule has 2 rings (SSSR count). The van der Waals surface area contributed by atoms with Crippen molar-refractivity contribution < 1.29 is 4.74 Å². The van der Waals surface area contributed by atoms with Crippen LogP contribution in [0.3, 0.4) is 0 Å². The Labute approximate surface area is 110 Å². The summed E-state index contributed by atoms with van der Waals surface area (Å²) >= 11 is 0. The molecule has 0 saturated heterocycles. The molecule has 1 saturated carbocycles. The molecule has 0 bridgehead atoms. The van der Waals surface area contributed by atoms with Crippen LogP contribution in [0.5, 0.6) is 5.88 Å². The van der Waals surface area contributed by atoms with Crippen LogP contribution in [0.4, 0.5) is 0 Å². The van der Waals surface area contributed by atoms with Crippen molar-refractivity contribution in [2.24, 2.45) is 0 Å². The number of pyridine rings is 1. The first kappa shape index (κ1) is 13.3. The van der Waals surface area contributed by atoms with Gasteiger partial charge in [-0.15, -0.1) is 0 Å². The zero-order valence-corrected chi connectivity index (χ0v) is 11.7. The van der Waals surface area contributed by atoms with E-state index in [0.717, 1.165) is 18.1 Å². The van der Waals surface area contributed by atoms with Crippen LogP contribution in [0, 0.1) is 0 Å². The van der Waals surface area contributed by atoms with E-state index < -0.39 is 0 Å². The summed E-state index contributed by atoms with van der Waals surface area (Å²) in [5.41, 5.74) is 2.37. The summed E-state index contributed by atoms with van der Waals surface area (Å²) in [4.78, 5) is 4.63. The number of hydrogen-bond acceptors (Lipinski definition) is 3. The third kappa shape index (κ3) is 3.45. The second kappa shape index (κ2) is 6.19. The van der Waals surface area contributed by atoms with Crippen LogP contribution in [0.15, 0.2) is 12.1 Å². The number of rotatable bonds is 5. The first-order valence-electron chi connectivity index (χ1n) is 7.01. The zero-order chi connectivity index (χ0) is 13.0. The molecule has 0 atom stereocenters. The van der Waals surface area contributed by atoms with Gasteiger partial charge in [-0.1, -0.05) is 13.8 Å². The molecule has 3 heteroatoms. The van der Waals surface area contributed by atoms with E-state index in [0.29, 0.717) is 12.0 Å². The van der Waals surface area contributed by atoms with Crippen LogP contribution in [-0.4, -0.2) is 18.1 Å². The molecule has 18 heavy (non-hydrogen) atoms. The first-order valence-corrected chi connectivity index (χ1v) is 7.01. The van der Waals surface area contributed by atoms with Crippen molar-refractivity contribution in [1.29, 1.82) is 0 Å². The lowest BCUT2D eigenvalue weighted by Gasteiger charge is -2.15. The van der Waals surface area contributed by atoms with Gasteiger partial charge in [-0.25, -0.2) is 4.98 Å². The fourth-order valence-electron chi connectivity index (χ4n) is 2.42. The summed E-state index contributed by atoms with van der Waals surface area (Å²) < 4.78 is 6.01. The van der Waals surface area contributed by atoms with Crippen LogP contribution in [0.25, 0.3) is 0 Å². The highest BCUT2D eigenvalue weighted by atomic mass is 16.5. The largest absolute Gasteiger partial charge is 0.474 e. The van der Waals surface area contributed by atoms with Gasteiger partial charge in [-0.2, -0.15) is 0 Å². The summed E-state index contributed by atoms with van der Waals surface area (Å²) in [5.74, 6) is 1.24. The molecule has 0 spiro atoms. The molecule has 1 N–H and O–H groups in total. The van der Waals surface area contributed by atoms with Crippen LogP contribution in [-0.2, 0) is 6.54 Å². The third-order valence-electron chi connectivity index (χ3n) is 3.44. The molecule has 0 aromatic carbocycles. The predicted octanol–water partition coefficient (Wildman–Crippen LogP) is 3.25. The predicted molar refractivity (Wildman–Crippen MR) is 74.0 cm³/mol. The molecule has 3 nitrogen and oxygen atoms in total. The maximum atomic E-state index is 6.01. The minimum Gasteiger partial charge on any atom is -0.474 e. The molecular formula is C15H24N2O. The van der Waals surface area contributed by atoms with Gasteiger partial charge in [-0.3, -0.25) is 0 Å². The molecule has 100 valence electrons.